The number of methoxy groups -OCH3 is 2. The minimum Gasteiger partial charge on any atom is -0.507 e. The van der Waals surface area contributed by atoms with Crippen molar-refractivity contribution in [2.24, 2.45) is 0 Å². The lowest BCUT2D eigenvalue weighted by molar-refractivity contribution is -0.140. The van der Waals surface area contributed by atoms with Crippen molar-refractivity contribution in [1.29, 1.82) is 0 Å². The smallest absolute Gasteiger partial charge is 0.295 e. The van der Waals surface area contributed by atoms with Crippen molar-refractivity contribution in [1.82, 2.24) is 4.90 Å². The summed E-state index contributed by atoms with van der Waals surface area (Å²) < 4.78 is 15.9. The van der Waals surface area contributed by atoms with Gasteiger partial charge in [0.1, 0.15) is 17.3 Å². The van der Waals surface area contributed by atoms with Crippen LogP contribution in [0.2, 0.25) is 0 Å². The number of hydrogen-bond donors (Lipinski definition) is 1. The van der Waals surface area contributed by atoms with Crippen molar-refractivity contribution in [2.45, 2.75) is 19.4 Å². The number of aliphatic hydroxyl groups excluding tert-OH is 1. The Balaban J connectivity index is 2.12. The van der Waals surface area contributed by atoms with Gasteiger partial charge in [0.2, 0.25) is 0 Å². The van der Waals surface area contributed by atoms with Crippen LogP contribution in [0.15, 0.2) is 54.1 Å². The summed E-state index contributed by atoms with van der Waals surface area (Å²) in [5.74, 6) is -0.529. The van der Waals surface area contributed by atoms with E-state index in [-0.39, 0.29) is 11.3 Å². The van der Waals surface area contributed by atoms with Crippen LogP contribution in [0.1, 0.15) is 30.5 Å². The van der Waals surface area contributed by atoms with Gasteiger partial charge >= 0.3 is 0 Å². The van der Waals surface area contributed by atoms with Gasteiger partial charge in [0, 0.05) is 20.3 Å². The molecular weight excluding hydrogens is 398 g/mol. The number of carbonyl (C=O) groups excluding carboxylic acids is 2. The molecule has 1 heterocycles. The monoisotopic (exact) mass is 425 g/mol. The maximum absolute atomic E-state index is 13.0. The first-order valence-electron chi connectivity index (χ1n) is 10.2. The SMILES string of the molecule is CCOc1ccc(C2/C(=C(/O)c3ccccc3OC)C(=O)C(=O)N2CCCOC)cc1. The highest BCUT2D eigenvalue weighted by atomic mass is 16.5. The Kier molecular flexibility index (Phi) is 7.31. The van der Waals surface area contributed by atoms with Crippen LogP contribution in [0.4, 0.5) is 0 Å². The highest BCUT2D eigenvalue weighted by molar-refractivity contribution is 6.46. The van der Waals surface area contributed by atoms with Crippen LogP contribution in [0, 0.1) is 0 Å². The number of nitrogens with zero attached hydrogens (tertiary/aromatic N) is 1. The number of benzene rings is 2. The maximum Gasteiger partial charge on any atom is 0.295 e. The second kappa shape index (κ2) is 10.1. The van der Waals surface area contributed by atoms with Crippen LogP contribution < -0.4 is 9.47 Å². The van der Waals surface area contributed by atoms with Gasteiger partial charge in [0.05, 0.1) is 30.9 Å². The summed E-state index contributed by atoms with van der Waals surface area (Å²) in [6.45, 7) is 3.19. The second-order valence-corrected chi connectivity index (χ2v) is 7.04. The minimum atomic E-state index is -0.725. The normalized spacial score (nSPS) is 17.8. The first-order valence-corrected chi connectivity index (χ1v) is 10.2. The standard InChI is InChI=1S/C24H27NO6/c1-4-31-17-12-10-16(11-13-17)21-20(22(26)18-8-5-6-9-19(18)30-3)23(27)24(28)25(21)14-7-15-29-2/h5-6,8-13,21,26H,4,7,14-15H2,1-3H3/b22-20-. The number of hydrogen-bond acceptors (Lipinski definition) is 6. The molecule has 1 unspecified atom stereocenters. The van der Waals surface area contributed by atoms with Crippen LogP contribution in [0.5, 0.6) is 11.5 Å². The van der Waals surface area contributed by atoms with E-state index in [0.717, 1.165) is 0 Å². The van der Waals surface area contributed by atoms with Crippen LogP contribution >= 0.6 is 0 Å². The summed E-state index contributed by atoms with van der Waals surface area (Å²) in [5, 5.41) is 11.1. The maximum atomic E-state index is 13.0. The van der Waals surface area contributed by atoms with Gasteiger partial charge in [-0.05, 0) is 43.2 Å². The Morgan fingerprint density at radius 3 is 2.42 bits per heavy atom. The van der Waals surface area contributed by atoms with Gasteiger partial charge in [-0.3, -0.25) is 9.59 Å². The van der Waals surface area contributed by atoms with Gasteiger partial charge < -0.3 is 24.2 Å². The highest BCUT2D eigenvalue weighted by Gasteiger charge is 2.46. The zero-order valence-corrected chi connectivity index (χ0v) is 18.0. The molecule has 7 nitrogen and oxygen atoms in total. The fraction of sp³-hybridized carbons (Fsp3) is 0.333. The number of rotatable bonds is 9. The lowest BCUT2D eigenvalue weighted by Crippen LogP contribution is -2.31. The molecule has 1 N–H and O–H groups in total. The van der Waals surface area contributed by atoms with Gasteiger partial charge in [0.25, 0.3) is 11.7 Å². The van der Waals surface area contributed by atoms with E-state index in [1.165, 1.54) is 12.0 Å². The zero-order valence-electron chi connectivity index (χ0n) is 18.0. The Labute approximate surface area is 181 Å². The number of ether oxygens (including phenoxy) is 3. The third-order valence-corrected chi connectivity index (χ3v) is 5.16. The molecule has 1 saturated heterocycles. The molecule has 1 fully saturated rings. The summed E-state index contributed by atoms with van der Waals surface area (Å²) in [6.07, 6.45) is 0.561. The fourth-order valence-corrected chi connectivity index (χ4v) is 3.73. The van der Waals surface area contributed by atoms with Crippen molar-refractivity contribution in [3.63, 3.8) is 0 Å². The highest BCUT2D eigenvalue weighted by Crippen LogP contribution is 2.41. The summed E-state index contributed by atoms with van der Waals surface area (Å²) in [4.78, 5) is 27.4. The number of ketones is 1. The summed E-state index contributed by atoms with van der Waals surface area (Å²) in [7, 11) is 3.07. The van der Waals surface area contributed by atoms with E-state index < -0.39 is 17.7 Å². The molecule has 0 radical (unpaired) electrons. The predicted octanol–water partition coefficient (Wildman–Crippen LogP) is 3.55. The number of likely N-dealkylation sites (tertiary alicyclic amines) is 1. The van der Waals surface area contributed by atoms with Gasteiger partial charge in [-0.15, -0.1) is 0 Å². The summed E-state index contributed by atoms with van der Waals surface area (Å²) in [6, 6.07) is 13.3. The third kappa shape index (κ3) is 4.56. The number of aliphatic hydroxyl groups is 1. The molecule has 2 aromatic rings. The number of Topliss-reactive ketones (excluding diaryl/α,β-unsaturated/α-hetero) is 1. The van der Waals surface area contributed by atoms with E-state index in [4.69, 9.17) is 14.2 Å². The van der Waals surface area contributed by atoms with Crippen LogP contribution in [-0.4, -0.2) is 55.7 Å². The van der Waals surface area contributed by atoms with E-state index in [1.54, 1.807) is 55.6 Å². The molecule has 164 valence electrons. The van der Waals surface area contributed by atoms with Gasteiger partial charge in [0.15, 0.2) is 0 Å². The summed E-state index contributed by atoms with van der Waals surface area (Å²) in [5.41, 5.74) is 1.10. The molecule has 7 heteroatoms. The van der Waals surface area contributed by atoms with Gasteiger partial charge in [-0.25, -0.2) is 0 Å². The van der Waals surface area contributed by atoms with Crippen LogP contribution in [0.25, 0.3) is 5.76 Å². The number of amides is 1. The van der Waals surface area contributed by atoms with Crippen LogP contribution in [0.3, 0.4) is 0 Å². The van der Waals surface area contributed by atoms with Crippen molar-refractivity contribution in [2.75, 3.05) is 34.0 Å². The number of carbonyl (C=O) groups is 2. The molecule has 1 aliphatic rings. The fourth-order valence-electron chi connectivity index (χ4n) is 3.73. The molecule has 31 heavy (non-hydrogen) atoms. The van der Waals surface area contributed by atoms with Crippen molar-refractivity contribution in [3.8, 4) is 11.5 Å². The molecule has 0 aromatic heterocycles. The van der Waals surface area contributed by atoms with Crippen molar-refractivity contribution in [3.05, 3.63) is 65.2 Å². The average Bonchev–Trinajstić information content (AvgIpc) is 3.04. The molecule has 1 aliphatic heterocycles. The van der Waals surface area contributed by atoms with Gasteiger partial charge in [-0.2, -0.15) is 0 Å². The number of para-hydroxylation sites is 1. The van der Waals surface area contributed by atoms with Crippen LogP contribution in [-0.2, 0) is 14.3 Å². The van der Waals surface area contributed by atoms with Crippen molar-refractivity contribution < 1.29 is 28.9 Å². The first kappa shape index (κ1) is 22.4. The van der Waals surface area contributed by atoms with E-state index in [1.807, 2.05) is 6.92 Å². The molecular formula is C24H27NO6. The first-order chi connectivity index (χ1) is 15.0. The molecule has 3 rings (SSSR count). The van der Waals surface area contributed by atoms with Crippen molar-refractivity contribution >= 4 is 17.4 Å². The van der Waals surface area contributed by atoms with Gasteiger partial charge in [-0.1, -0.05) is 24.3 Å². The molecule has 0 spiro atoms. The third-order valence-electron chi connectivity index (χ3n) is 5.16. The largest absolute Gasteiger partial charge is 0.507 e. The Hall–Kier alpha value is -3.32. The van der Waals surface area contributed by atoms with E-state index in [0.29, 0.717) is 48.8 Å². The molecule has 1 atom stereocenters. The zero-order chi connectivity index (χ0) is 22.4. The molecule has 1 amide bonds. The Morgan fingerprint density at radius 1 is 1.06 bits per heavy atom. The lowest BCUT2D eigenvalue weighted by atomic mass is 9.95. The van der Waals surface area contributed by atoms with E-state index in [2.05, 4.69) is 0 Å². The average molecular weight is 425 g/mol. The quantitative estimate of drug-likeness (QED) is 0.286. The molecule has 0 saturated carbocycles. The van der Waals surface area contributed by atoms with E-state index >= 15 is 0 Å². The predicted molar refractivity (Wildman–Crippen MR) is 116 cm³/mol. The molecule has 0 bridgehead atoms. The minimum absolute atomic E-state index is 0.0380. The Morgan fingerprint density at radius 2 is 1.77 bits per heavy atom. The molecule has 2 aromatic carbocycles. The lowest BCUT2D eigenvalue weighted by Gasteiger charge is -2.25. The topological polar surface area (TPSA) is 85.3 Å². The second-order valence-electron chi connectivity index (χ2n) is 7.04. The summed E-state index contributed by atoms with van der Waals surface area (Å²) >= 11 is 0. The molecule has 0 aliphatic carbocycles. The Bertz CT molecular complexity index is 966. The van der Waals surface area contributed by atoms with E-state index in [9.17, 15) is 14.7 Å².